The third-order valence-corrected chi connectivity index (χ3v) is 3.78. The van der Waals surface area contributed by atoms with Crippen LogP contribution in [0.3, 0.4) is 0 Å². The molecule has 1 N–H and O–H groups in total. The third kappa shape index (κ3) is 2.67. The second-order valence-electron chi connectivity index (χ2n) is 5.51. The number of aromatic amines is 1. The summed E-state index contributed by atoms with van der Waals surface area (Å²) in [4.78, 5) is 23.1. The second kappa shape index (κ2) is 5.69. The van der Waals surface area contributed by atoms with Gasteiger partial charge in [-0.1, -0.05) is 30.3 Å². The Hall–Kier alpha value is -3.35. The topological polar surface area (TPSA) is 97.6 Å². The van der Waals surface area contributed by atoms with Crippen molar-refractivity contribution in [2.75, 3.05) is 0 Å². The van der Waals surface area contributed by atoms with Crippen LogP contribution < -0.4 is 5.56 Å². The van der Waals surface area contributed by atoms with Crippen LogP contribution in [0.5, 0.6) is 0 Å². The molecular weight excluding hydrogens is 306 g/mol. The summed E-state index contributed by atoms with van der Waals surface area (Å²) in [5, 5.41) is 7.22. The van der Waals surface area contributed by atoms with Gasteiger partial charge in [0.25, 0.3) is 5.56 Å². The van der Waals surface area contributed by atoms with Gasteiger partial charge in [0.15, 0.2) is 0 Å². The van der Waals surface area contributed by atoms with E-state index in [2.05, 4.69) is 29.9 Å². The summed E-state index contributed by atoms with van der Waals surface area (Å²) in [6.07, 6.45) is 2.26. The first-order chi connectivity index (χ1) is 11.7. The van der Waals surface area contributed by atoms with Crippen molar-refractivity contribution in [2.45, 2.75) is 13.3 Å². The van der Waals surface area contributed by atoms with Gasteiger partial charge in [0.05, 0.1) is 0 Å². The van der Waals surface area contributed by atoms with Gasteiger partial charge < -0.3 is 0 Å². The normalized spacial score (nSPS) is 11.0. The SMILES string of the molecule is Cc1ccc(-c2ccc(Cc3nc4nonc4[nH]c3=O)cc2)cn1. The summed E-state index contributed by atoms with van der Waals surface area (Å²) in [5.74, 6) is 0. The van der Waals surface area contributed by atoms with Gasteiger partial charge in [-0.25, -0.2) is 9.61 Å². The van der Waals surface area contributed by atoms with Crippen LogP contribution in [0.25, 0.3) is 22.4 Å². The lowest BCUT2D eigenvalue weighted by Gasteiger charge is -2.04. The average Bonchev–Trinajstić information content (AvgIpc) is 3.04. The zero-order valence-corrected chi connectivity index (χ0v) is 12.9. The Labute approximate surface area is 136 Å². The van der Waals surface area contributed by atoms with Crippen LogP contribution in [-0.2, 0) is 6.42 Å². The molecule has 4 rings (SSSR count). The molecule has 3 heterocycles. The number of aromatic nitrogens is 5. The maximum Gasteiger partial charge on any atom is 0.271 e. The van der Waals surface area contributed by atoms with E-state index in [0.717, 1.165) is 22.4 Å². The fraction of sp³-hybridized carbons (Fsp3) is 0.118. The fourth-order valence-corrected chi connectivity index (χ4v) is 2.46. The molecule has 0 aliphatic rings. The zero-order chi connectivity index (χ0) is 16.5. The van der Waals surface area contributed by atoms with Crippen molar-refractivity contribution in [1.82, 2.24) is 25.3 Å². The van der Waals surface area contributed by atoms with E-state index >= 15 is 0 Å². The lowest BCUT2D eigenvalue weighted by atomic mass is 10.0. The van der Waals surface area contributed by atoms with Crippen LogP contribution in [-0.4, -0.2) is 25.3 Å². The molecule has 0 amide bonds. The number of fused-ring (bicyclic) bond motifs is 1. The maximum absolute atomic E-state index is 12.0. The molecule has 3 aromatic heterocycles. The van der Waals surface area contributed by atoms with E-state index in [9.17, 15) is 4.79 Å². The zero-order valence-electron chi connectivity index (χ0n) is 12.9. The molecule has 0 spiro atoms. The minimum Gasteiger partial charge on any atom is -0.299 e. The monoisotopic (exact) mass is 319 g/mol. The predicted molar refractivity (Wildman–Crippen MR) is 87.4 cm³/mol. The van der Waals surface area contributed by atoms with Crippen LogP contribution in [0, 0.1) is 6.92 Å². The average molecular weight is 319 g/mol. The second-order valence-corrected chi connectivity index (χ2v) is 5.51. The number of H-pyrrole nitrogens is 1. The molecule has 0 radical (unpaired) electrons. The number of hydrogen-bond donors (Lipinski definition) is 1. The minimum atomic E-state index is -0.287. The summed E-state index contributed by atoms with van der Waals surface area (Å²) in [7, 11) is 0. The first-order valence-corrected chi connectivity index (χ1v) is 7.42. The Balaban J connectivity index is 1.61. The van der Waals surface area contributed by atoms with Crippen molar-refractivity contribution in [3.8, 4) is 11.1 Å². The van der Waals surface area contributed by atoms with E-state index in [1.165, 1.54) is 0 Å². The van der Waals surface area contributed by atoms with Gasteiger partial charge in [-0.3, -0.25) is 14.8 Å². The number of pyridine rings is 1. The Morgan fingerprint density at radius 2 is 1.83 bits per heavy atom. The van der Waals surface area contributed by atoms with Gasteiger partial charge in [0.2, 0.25) is 11.3 Å². The van der Waals surface area contributed by atoms with Crippen molar-refractivity contribution in [3.05, 3.63) is 69.9 Å². The molecule has 0 unspecified atom stereocenters. The molecule has 0 saturated carbocycles. The number of hydrogen-bond acceptors (Lipinski definition) is 6. The molecule has 1 aromatic carbocycles. The minimum absolute atomic E-state index is 0.256. The van der Waals surface area contributed by atoms with E-state index in [1.54, 1.807) is 0 Å². The van der Waals surface area contributed by atoms with E-state index in [1.807, 2.05) is 49.5 Å². The van der Waals surface area contributed by atoms with Crippen LogP contribution in [0.4, 0.5) is 0 Å². The molecule has 0 aliphatic heterocycles. The summed E-state index contributed by atoms with van der Waals surface area (Å²) in [6, 6.07) is 12.0. The molecule has 7 nitrogen and oxygen atoms in total. The summed E-state index contributed by atoms with van der Waals surface area (Å²) < 4.78 is 4.56. The molecule has 7 heteroatoms. The number of nitrogens with zero attached hydrogens (tertiary/aromatic N) is 4. The first kappa shape index (κ1) is 14.3. The van der Waals surface area contributed by atoms with E-state index in [-0.39, 0.29) is 11.2 Å². The van der Waals surface area contributed by atoms with E-state index in [0.29, 0.717) is 17.8 Å². The number of aryl methyl sites for hydroxylation is 1. The predicted octanol–water partition coefficient (Wildman–Crippen LogP) is 2.27. The van der Waals surface area contributed by atoms with Crippen LogP contribution >= 0.6 is 0 Å². The third-order valence-electron chi connectivity index (χ3n) is 3.78. The summed E-state index contributed by atoms with van der Waals surface area (Å²) in [5.41, 5.74) is 4.74. The molecule has 4 aromatic rings. The van der Waals surface area contributed by atoms with Crippen molar-refractivity contribution in [1.29, 1.82) is 0 Å². The highest BCUT2D eigenvalue weighted by molar-refractivity contribution is 5.63. The first-order valence-electron chi connectivity index (χ1n) is 7.42. The van der Waals surface area contributed by atoms with Gasteiger partial charge in [-0.2, -0.15) is 0 Å². The number of benzene rings is 1. The molecule has 0 bridgehead atoms. The molecule has 0 saturated heterocycles. The highest BCUT2D eigenvalue weighted by Gasteiger charge is 2.09. The van der Waals surface area contributed by atoms with Gasteiger partial charge in [-0.15, -0.1) is 0 Å². The molecule has 0 aliphatic carbocycles. The molecule has 0 atom stereocenters. The van der Waals surface area contributed by atoms with Gasteiger partial charge in [-0.05, 0) is 34.4 Å². The summed E-state index contributed by atoms with van der Waals surface area (Å²) in [6.45, 7) is 1.96. The van der Waals surface area contributed by atoms with E-state index in [4.69, 9.17) is 0 Å². The lowest BCUT2D eigenvalue weighted by Crippen LogP contribution is -2.15. The number of nitrogens with one attached hydrogen (secondary N) is 1. The lowest BCUT2D eigenvalue weighted by molar-refractivity contribution is 0.314. The van der Waals surface area contributed by atoms with Gasteiger partial charge in [0.1, 0.15) is 5.69 Å². The summed E-state index contributed by atoms with van der Waals surface area (Å²) >= 11 is 0. The van der Waals surface area contributed by atoms with Crippen LogP contribution in [0.15, 0.2) is 52.0 Å². The quantitative estimate of drug-likeness (QED) is 0.622. The maximum atomic E-state index is 12.0. The Bertz CT molecular complexity index is 1050. The van der Waals surface area contributed by atoms with Gasteiger partial charge in [0, 0.05) is 23.9 Å². The highest BCUT2D eigenvalue weighted by atomic mass is 16.6. The van der Waals surface area contributed by atoms with Crippen molar-refractivity contribution in [2.24, 2.45) is 0 Å². The Morgan fingerprint density at radius 3 is 2.58 bits per heavy atom. The highest BCUT2D eigenvalue weighted by Crippen LogP contribution is 2.19. The van der Waals surface area contributed by atoms with Crippen molar-refractivity contribution < 1.29 is 4.63 Å². The Morgan fingerprint density at radius 1 is 1.04 bits per heavy atom. The largest absolute Gasteiger partial charge is 0.299 e. The number of rotatable bonds is 3. The van der Waals surface area contributed by atoms with E-state index < -0.39 is 0 Å². The fourth-order valence-electron chi connectivity index (χ4n) is 2.46. The van der Waals surface area contributed by atoms with Crippen LogP contribution in [0.1, 0.15) is 17.0 Å². The van der Waals surface area contributed by atoms with Crippen LogP contribution in [0.2, 0.25) is 0 Å². The Kier molecular flexibility index (Phi) is 3.38. The standard InChI is InChI=1S/C17H13N5O2/c1-10-2-5-13(9-18-10)12-6-3-11(4-7-12)8-14-17(23)20-16-15(19-14)21-24-22-16/h2-7,9H,8H2,1H3,(H,20,22,23). The molecule has 118 valence electrons. The van der Waals surface area contributed by atoms with Gasteiger partial charge >= 0.3 is 0 Å². The molecular formula is C17H13N5O2. The van der Waals surface area contributed by atoms with Crippen molar-refractivity contribution in [3.63, 3.8) is 0 Å². The smallest absolute Gasteiger partial charge is 0.271 e. The van der Waals surface area contributed by atoms with Crippen molar-refractivity contribution >= 4 is 11.3 Å². The molecule has 24 heavy (non-hydrogen) atoms. The molecule has 0 fully saturated rings.